The molecule has 2 nitrogen and oxygen atoms in total. The number of rotatable bonds is 15. The highest BCUT2D eigenvalue weighted by Gasteiger charge is 2.20. The van der Waals surface area contributed by atoms with Crippen LogP contribution in [0.1, 0.15) is 109 Å². The average molecular weight is 583 g/mol. The monoisotopic (exact) mass is 582 g/mol. The first kappa shape index (κ1) is 34.6. The van der Waals surface area contributed by atoms with Gasteiger partial charge < -0.3 is 9.47 Å². The normalized spacial score (nSPS) is 14.3. The molecular weight excluding hydrogens is 524 g/mol. The van der Waals surface area contributed by atoms with Crippen molar-refractivity contribution in [2.45, 2.75) is 111 Å². The lowest BCUT2D eigenvalue weighted by Crippen LogP contribution is -2.21. The molecule has 0 heterocycles. The van der Waals surface area contributed by atoms with Gasteiger partial charge in [-0.15, -0.1) is 0 Å². The van der Waals surface area contributed by atoms with Crippen molar-refractivity contribution in [2.24, 2.45) is 11.8 Å². The van der Waals surface area contributed by atoms with Crippen molar-refractivity contribution in [3.05, 3.63) is 107 Å². The predicted octanol–water partition coefficient (Wildman–Crippen LogP) is 11.0. The van der Waals surface area contributed by atoms with Crippen molar-refractivity contribution in [1.29, 1.82) is 0 Å². The van der Waals surface area contributed by atoms with Crippen LogP contribution in [0.15, 0.2) is 79.4 Å². The van der Waals surface area contributed by atoms with E-state index >= 15 is 0 Å². The van der Waals surface area contributed by atoms with Crippen LogP contribution >= 0.6 is 0 Å². The van der Waals surface area contributed by atoms with Crippen molar-refractivity contribution in [3.8, 4) is 5.75 Å². The number of hydrogen-bond acceptors (Lipinski definition) is 2. The van der Waals surface area contributed by atoms with Gasteiger partial charge in [0.25, 0.3) is 0 Å². The van der Waals surface area contributed by atoms with Crippen LogP contribution in [0.25, 0.3) is 5.57 Å². The zero-order valence-electron chi connectivity index (χ0n) is 28.6. The van der Waals surface area contributed by atoms with Crippen LogP contribution in [0.3, 0.4) is 0 Å². The van der Waals surface area contributed by atoms with Gasteiger partial charge in [0.1, 0.15) is 5.75 Å². The molecule has 0 spiro atoms. The third kappa shape index (κ3) is 11.3. The van der Waals surface area contributed by atoms with E-state index in [0.29, 0.717) is 18.4 Å². The molecule has 0 aliphatic carbocycles. The van der Waals surface area contributed by atoms with Crippen molar-refractivity contribution in [3.63, 3.8) is 0 Å². The van der Waals surface area contributed by atoms with Crippen molar-refractivity contribution < 1.29 is 9.47 Å². The Morgan fingerprint density at radius 3 is 1.63 bits per heavy atom. The SMILES string of the molecule is C=C(c1ccc(OCCC)cc1)C(CCC(C)Cc1ccc(C(C)(C)C)cc1)OCC(C)Cc1ccc(C(C)(C)C)cc1. The molecule has 3 atom stereocenters. The summed E-state index contributed by atoms with van der Waals surface area (Å²) in [6.07, 6.45) is 5.12. The molecule has 0 saturated carbocycles. The Morgan fingerprint density at radius 1 is 0.674 bits per heavy atom. The first-order valence-corrected chi connectivity index (χ1v) is 16.5. The second-order valence-electron chi connectivity index (χ2n) is 14.8. The van der Waals surface area contributed by atoms with Gasteiger partial charge in [-0.05, 0) is 100 Å². The maximum Gasteiger partial charge on any atom is 0.119 e. The highest BCUT2D eigenvalue weighted by atomic mass is 16.5. The minimum Gasteiger partial charge on any atom is -0.494 e. The van der Waals surface area contributed by atoms with E-state index in [4.69, 9.17) is 9.47 Å². The zero-order chi connectivity index (χ0) is 31.6. The molecule has 0 aliphatic rings. The molecular formula is C41H58O2. The molecule has 234 valence electrons. The highest BCUT2D eigenvalue weighted by Crippen LogP contribution is 2.29. The molecule has 2 heteroatoms. The highest BCUT2D eigenvalue weighted by molar-refractivity contribution is 5.67. The number of hydrogen-bond donors (Lipinski definition) is 0. The summed E-state index contributed by atoms with van der Waals surface area (Å²) in [5, 5.41) is 0. The van der Waals surface area contributed by atoms with E-state index in [1.807, 2.05) is 0 Å². The second kappa shape index (κ2) is 15.8. The van der Waals surface area contributed by atoms with Gasteiger partial charge in [-0.1, -0.05) is 130 Å². The largest absolute Gasteiger partial charge is 0.494 e. The lowest BCUT2D eigenvalue weighted by molar-refractivity contribution is 0.0587. The molecule has 3 aromatic rings. The molecule has 3 rings (SSSR count). The Kier molecular flexibility index (Phi) is 12.7. The standard InChI is InChI=1S/C41H58O2/c1-11-26-42-38-23-17-35(18-24-38)32(4)39(25-12-30(2)27-33-13-19-36(20-14-33)40(5,6)7)43-29-31(3)28-34-15-21-37(22-16-34)41(8,9)10/h13-24,30-31,39H,4,11-12,25-29H2,1-3,5-10H3. The second-order valence-corrected chi connectivity index (χ2v) is 14.8. The smallest absolute Gasteiger partial charge is 0.119 e. The fourth-order valence-corrected chi connectivity index (χ4v) is 5.49. The third-order valence-electron chi connectivity index (χ3n) is 8.40. The Labute approximate surface area is 263 Å². The van der Waals surface area contributed by atoms with Crippen LogP contribution in [0, 0.1) is 11.8 Å². The zero-order valence-corrected chi connectivity index (χ0v) is 28.6. The van der Waals surface area contributed by atoms with E-state index in [0.717, 1.165) is 55.6 Å². The molecule has 0 fully saturated rings. The van der Waals surface area contributed by atoms with E-state index in [1.54, 1.807) is 0 Å². The van der Waals surface area contributed by atoms with Crippen LogP contribution in [-0.4, -0.2) is 19.3 Å². The molecule has 0 aliphatic heterocycles. The van der Waals surface area contributed by atoms with Gasteiger partial charge in [0.05, 0.1) is 19.3 Å². The quantitative estimate of drug-likeness (QED) is 0.177. The van der Waals surface area contributed by atoms with Gasteiger partial charge in [0.2, 0.25) is 0 Å². The minimum atomic E-state index is -0.0150. The predicted molar refractivity (Wildman–Crippen MR) is 186 cm³/mol. The summed E-state index contributed by atoms with van der Waals surface area (Å²) in [6, 6.07) is 26.7. The first-order valence-electron chi connectivity index (χ1n) is 16.5. The summed E-state index contributed by atoms with van der Waals surface area (Å²) in [5.74, 6) is 1.88. The van der Waals surface area contributed by atoms with E-state index in [1.165, 1.54) is 22.3 Å². The van der Waals surface area contributed by atoms with Crippen LogP contribution in [0.5, 0.6) is 5.75 Å². The van der Waals surface area contributed by atoms with E-state index < -0.39 is 0 Å². The minimum absolute atomic E-state index is 0.0150. The average Bonchev–Trinajstić information content (AvgIpc) is 2.95. The number of benzene rings is 3. The first-order chi connectivity index (χ1) is 20.3. The van der Waals surface area contributed by atoms with Crippen molar-refractivity contribution >= 4 is 5.57 Å². The molecule has 0 amide bonds. The van der Waals surface area contributed by atoms with Crippen LogP contribution in [0.4, 0.5) is 0 Å². The molecule has 3 aromatic carbocycles. The lowest BCUT2D eigenvalue weighted by atomic mass is 9.85. The van der Waals surface area contributed by atoms with Crippen molar-refractivity contribution in [1.82, 2.24) is 0 Å². The van der Waals surface area contributed by atoms with Crippen LogP contribution in [0.2, 0.25) is 0 Å². The fourth-order valence-electron chi connectivity index (χ4n) is 5.49. The summed E-state index contributed by atoms with van der Waals surface area (Å²) in [4.78, 5) is 0. The maximum atomic E-state index is 6.69. The summed E-state index contributed by atoms with van der Waals surface area (Å²) in [6.45, 7) is 26.4. The fraction of sp³-hybridized carbons (Fsp3) is 0.512. The molecule has 0 aromatic heterocycles. The van der Waals surface area contributed by atoms with Gasteiger partial charge in [-0.3, -0.25) is 0 Å². The Balaban J connectivity index is 1.64. The van der Waals surface area contributed by atoms with Gasteiger partial charge in [0, 0.05) is 0 Å². The summed E-state index contributed by atoms with van der Waals surface area (Å²) in [5.41, 5.74) is 8.09. The van der Waals surface area contributed by atoms with E-state index in [-0.39, 0.29) is 16.9 Å². The van der Waals surface area contributed by atoms with E-state index in [9.17, 15) is 0 Å². The Hall–Kier alpha value is -2.84. The van der Waals surface area contributed by atoms with Gasteiger partial charge >= 0.3 is 0 Å². The Bertz CT molecular complexity index is 1170. The lowest BCUT2D eigenvalue weighted by Gasteiger charge is -2.25. The van der Waals surface area contributed by atoms with Crippen molar-refractivity contribution in [2.75, 3.05) is 13.2 Å². The van der Waals surface area contributed by atoms with Gasteiger partial charge in [-0.2, -0.15) is 0 Å². The van der Waals surface area contributed by atoms with Gasteiger partial charge in [-0.25, -0.2) is 0 Å². The van der Waals surface area contributed by atoms with E-state index in [2.05, 4.69) is 142 Å². The number of ether oxygens (including phenoxy) is 2. The molecule has 3 unspecified atom stereocenters. The topological polar surface area (TPSA) is 18.5 Å². The van der Waals surface area contributed by atoms with Gasteiger partial charge in [0.15, 0.2) is 0 Å². The summed E-state index contributed by atoms with van der Waals surface area (Å²) < 4.78 is 12.5. The molecule has 0 bridgehead atoms. The Morgan fingerprint density at radius 2 is 1.16 bits per heavy atom. The molecule has 43 heavy (non-hydrogen) atoms. The third-order valence-corrected chi connectivity index (χ3v) is 8.40. The molecule has 0 N–H and O–H groups in total. The summed E-state index contributed by atoms with van der Waals surface area (Å²) >= 11 is 0. The maximum absolute atomic E-state index is 6.69. The van der Waals surface area contributed by atoms with Crippen LogP contribution in [-0.2, 0) is 28.4 Å². The summed E-state index contributed by atoms with van der Waals surface area (Å²) in [7, 11) is 0. The molecule has 0 radical (unpaired) electrons. The molecule has 0 saturated heterocycles. The van der Waals surface area contributed by atoms with Crippen LogP contribution < -0.4 is 4.74 Å².